The fraction of sp³-hybridized carbons (Fsp3) is 0.280. The van der Waals surface area contributed by atoms with E-state index in [4.69, 9.17) is 43.4 Å². The van der Waals surface area contributed by atoms with Gasteiger partial charge in [0.1, 0.15) is 0 Å². The first kappa shape index (κ1) is 26.9. The molecule has 2 aromatic rings. The maximum absolute atomic E-state index is 9.55. The molecule has 0 spiro atoms. The molecule has 0 saturated carbocycles. The molecular formula is C25H25Cl2N3O4S. The SMILES string of the molecule is Clc1ccc2c(c1)C(c1ccccc1Cl)=NCC(SCCN1CCCC1)=N2.O=C(O)/C=C/C(=O)O. The van der Waals surface area contributed by atoms with Gasteiger partial charge < -0.3 is 15.1 Å². The van der Waals surface area contributed by atoms with Gasteiger partial charge in [0, 0.05) is 45.6 Å². The minimum absolute atomic E-state index is 0.558. The van der Waals surface area contributed by atoms with Crippen molar-refractivity contribution in [1.29, 1.82) is 0 Å². The summed E-state index contributed by atoms with van der Waals surface area (Å²) in [5, 5.41) is 18.0. The van der Waals surface area contributed by atoms with Gasteiger partial charge in [-0.2, -0.15) is 0 Å². The Balaban J connectivity index is 0.000000371. The lowest BCUT2D eigenvalue weighted by Crippen LogP contribution is -2.22. The van der Waals surface area contributed by atoms with Crippen molar-refractivity contribution in [2.75, 3.05) is 31.9 Å². The second kappa shape index (κ2) is 13.4. The number of benzene rings is 2. The number of likely N-dealkylation sites (tertiary alicyclic amines) is 1. The largest absolute Gasteiger partial charge is 0.478 e. The van der Waals surface area contributed by atoms with Gasteiger partial charge in [-0.25, -0.2) is 14.6 Å². The highest BCUT2D eigenvalue weighted by atomic mass is 35.5. The molecule has 2 N–H and O–H groups in total. The van der Waals surface area contributed by atoms with Gasteiger partial charge in [0.2, 0.25) is 0 Å². The summed E-state index contributed by atoms with van der Waals surface area (Å²) in [6.07, 6.45) is 3.77. The van der Waals surface area contributed by atoms with Crippen molar-refractivity contribution in [1.82, 2.24) is 4.90 Å². The standard InChI is InChI=1S/C21H21Cl2N3S.C4H4O4/c22-15-7-8-19-17(13-15)21(16-5-1-2-6-18(16)23)24-14-20(25-19)27-12-11-26-9-3-4-10-26;5-3(6)1-2-4(7)8/h1-2,5-8,13H,3-4,9-12,14H2;1-2H,(H,5,6)(H,7,8)/b;2-1+. The van der Waals surface area contributed by atoms with E-state index in [1.807, 2.05) is 42.5 Å². The van der Waals surface area contributed by atoms with Gasteiger partial charge in [-0.05, 0) is 50.2 Å². The van der Waals surface area contributed by atoms with Crippen LogP contribution in [0.4, 0.5) is 5.69 Å². The summed E-state index contributed by atoms with van der Waals surface area (Å²) in [6.45, 7) is 4.13. The zero-order chi connectivity index (χ0) is 25.2. The van der Waals surface area contributed by atoms with Crippen LogP contribution in [0.25, 0.3) is 0 Å². The monoisotopic (exact) mass is 533 g/mol. The summed E-state index contributed by atoms with van der Waals surface area (Å²) in [4.78, 5) is 31.4. The van der Waals surface area contributed by atoms with Crippen LogP contribution in [0.5, 0.6) is 0 Å². The molecule has 1 fully saturated rings. The van der Waals surface area contributed by atoms with E-state index in [0.29, 0.717) is 28.7 Å². The highest BCUT2D eigenvalue weighted by Crippen LogP contribution is 2.31. The van der Waals surface area contributed by atoms with Crippen LogP contribution in [0.3, 0.4) is 0 Å². The molecule has 0 bridgehead atoms. The van der Waals surface area contributed by atoms with Crippen LogP contribution in [0.1, 0.15) is 24.0 Å². The third-order valence-electron chi connectivity index (χ3n) is 5.20. The lowest BCUT2D eigenvalue weighted by atomic mass is 10.0. The molecule has 0 aliphatic carbocycles. The second-order valence-corrected chi connectivity index (χ2v) is 9.73. The molecule has 2 aliphatic rings. The topological polar surface area (TPSA) is 103 Å². The number of carboxylic acids is 2. The minimum Gasteiger partial charge on any atom is -0.478 e. The van der Waals surface area contributed by atoms with Crippen molar-refractivity contribution >= 4 is 63.3 Å². The van der Waals surface area contributed by atoms with Crippen LogP contribution in [0.15, 0.2) is 64.6 Å². The van der Waals surface area contributed by atoms with E-state index in [1.165, 1.54) is 25.9 Å². The number of hydrogen-bond donors (Lipinski definition) is 2. The van der Waals surface area contributed by atoms with Gasteiger partial charge in [-0.1, -0.05) is 41.4 Å². The highest BCUT2D eigenvalue weighted by Gasteiger charge is 2.19. The highest BCUT2D eigenvalue weighted by molar-refractivity contribution is 8.14. The number of aliphatic carboxylic acids is 2. The number of hydrogen-bond acceptors (Lipinski definition) is 6. The van der Waals surface area contributed by atoms with Gasteiger partial charge in [0.15, 0.2) is 0 Å². The summed E-state index contributed by atoms with van der Waals surface area (Å²) < 4.78 is 0. The number of halogens is 2. The molecule has 184 valence electrons. The Morgan fingerprint density at radius 1 is 1.00 bits per heavy atom. The van der Waals surface area contributed by atoms with E-state index in [9.17, 15) is 9.59 Å². The number of nitrogens with zero attached hydrogens (tertiary/aromatic N) is 3. The Morgan fingerprint density at radius 3 is 2.34 bits per heavy atom. The zero-order valence-corrected chi connectivity index (χ0v) is 21.2. The molecule has 4 rings (SSSR count). The van der Waals surface area contributed by atoms with Crippen LogP contribution in [-0.4, -0.2) is 69.7 Å². The first-order valence-electron chi connectivity index (χ1n) is 11.0. The summed E-state index contributed by atoms with van der Waals surface area (Å²) >= 11 is 14.5. The van der Waals surface area contributed by atoms with Crippen LogP contribution in [0, 0.1) is 0 Å². The second-order valence-electron chi connectivity index (χ2n) is 7.72. The average Bonchev–Trinajstić information content (AvgIpc) is 3.27. The minimum atomic E-state index is -1.26. The Hall–Kier alpha value is -2.65. The molecule has 0 aromatic heterocycles. The lowest BCUT2D eigenvalue weighted by Gasteiger charge is -2.13. The number of rotatable bonds is 6. The molecule has 2 heterocycles. The predicted molar refractivity (Wildman–Crippen MR) is 143 cm³/mol. The van der Waals surface area contributed by atoms with E-state index in [2.05, 4.69) is 4.90 Å². The lowest BCUT2D eigenvalue weighted by molar-refractivity contribution is -0.134. The molecule has 1 saturated heterocycles. The maximum atomic E-state index is 9.55. The van der Waals surface area contributed by atoms with Crippen molar-refractivity contribution in [3.8, 4) is 0 Å². The van der Waals surface area contributed by atoms with Crippen LogP contribution >= 0.6 is 35.0 Å². The molecule has 7 nitrogen and oxygen atoms in total. The van der Waals surface area contributed by atoms with Crippen molar-refractivity contribution < 1.29 is 19.8 Å². The Morgan fingerprint density at radius 2 is 1.69 bits per heavy atom. The van der Waals surface area contributed by atoms with E-state index in [0.717, 1.165) is 39.9 Å². The number of aliphatic imine (C=N–C) groups is 2. The summed E-state index contributed by atoms with van der Waals surface area (Å²) in [6, 6.07) is 13.6. The third kappa shape index (κ3) is 8.50. The van der Waals surface area contributed by atoms with E-state index in [1.54, 1.807) is 11.8 Å². The van der Waals surface area contributed by atoms with Gasteiger partial charge in [0.05, 0.1) is 23.0 Å². The maximum Gasteiger partial charge on any atom is 0.328 e. The van der Waals surface area contributed by atoms with Gasteiger partial charge in [-0.3, -0.25) is 4.99 Å². The fourth-order valence-electron chi connectivity index (χ4n) is 3.60. The molecule has 35 heavy (non-hydrogen) atoms. The Labute approximate surface area is 218 Å². The Kier molecular flexibility index (Phi) is 10.3. The third-order valence-corrected chi connectivity index (χ3v) is 6.71. The number of fused-ring (bicyclic) bond motifs is 1. The normalized spacial score (nSPS) is 15.5. The smallest absolute Gasteiger partial charge is 0.328 e. The fourth-order valence-corrected chi connectivity index (χ4v) is 4.90. The molecule has 2 aliphatic heterocycles. The van der Waals surface area contributed by atoms with Crippen molar-refractivity contribution in [3.63, 3.8) is 0 Å². The molecule has 0 amide bonds. The van der Waals surface area contributed by atoms with E-state index in [-0.39, 0.29) is 0 Å². The molecule has 0 atom stereocenters. The van der Waals surface area contributed by atoms with E-state index >= 15 is 0 Å². The van der Waals surface area contributed by atoms with Crippen LogP contribution < -0.4 is 0 Å². The van der Waals surface area contributed by atoms with Crippen LogP contribution in [-0.2, 0) is 9.59 Å². The first-order valence-corrected chi connectivity index (χ1v) is 12.7. The Bertz CT molecular complexity index is 1150. The summed E-state index contributed by atoms with van der Waals surface area (Å²) in [5.41, 5.74) is 3.61. The molecule has 2 aromatic carbocycles. The molecular weight excluding hydrogens is 509 g/mol. The number of carboxylic acid groups (broad SMARTS) is 2. The van der Waals surface area contributed by atoms with E-state index < -0.39 is 11.9 Å². The molecule has 10 heteroatoms. The molecule has 0 radical (unpaired) electrons. The van der Waals surface area contributed by atoms with Gasteiger partial charge >= 0.3 is 11.9 Å². The van der Waals surface area contributed by atoms with Crippen molar-refractivity contribution in [2.24, 2.45) is 9.98 Å². The number of thioether (sulfide) groups is 1. The quantitative estimate of drug-likeness (QED) is 0.481. The van der Waals surface area contributed by atoms with Gasteiger partial charge in [-0.15, -0.1) is 11.8 Å². The first-order chi connectivity index (χ1) is 16.8. The van der Waals surface area contributed by atoms with Gasteiger partial charge in [0.25, 0.3) is 0 Å². The van der Waals surface area contributed by atoms with Crippen molar-refractivity contribution in [3.05, 3.63) is 75.8 Å². The zero-order valence-electron chi connectivity index (χ0n) is 18.9. The van der Waals surface area contributed by atoms with Crippen LogP contribution in [0.2, 0.25) is 10.0 Å². The predicted octanol–water partition coefficient (Wildman–Crippen LogP) is 5.42. The number of carbonyl (C=O) groups is 2. The summed E-state index contributed by atoms with van der Waals surface area (Å²) in [5.74, 6) is -1.47. The summed E-state index contributed by atoms with van der Waals surface area (Å²) in [7, 11) is 0. The molecule has 0 unspecified atom stereocenters. The average molecular weight is 534 g/mol. The van der Waals surface area contributed by atoms with Crippen molar-refractivity contribution in [2.45, 2.75) is 12.8 Å².